The van der Waals surface area contributed by atoms with Crippen LogP contribution in [-0.4, -0.2) is 16.3 Å². The maximum atomic E-state index is 4.47. The summed E-state index contributed by atoms with van der Waals surface area (Å²) in [5.74, 6) is 1.17. The number of hydrogen-bond acceptors (Lipinski definition) is 2. The number of hydrogen-bond donors (Lipinski definition) is 1. The summed E-state index contributed by atoms with van der Waals surface area (Å²) >= 11 is 0. The first-order valence-corrected chi connectivity index (χ1v) is 5.69. The topological polar surface area (TPSA) is 29.9 Å². The predicted molar refractivity (Wildman–Crippen MR) is 64.7 cm³/mol. The molecule has 1 aliphatic rings. The summed E-state index contributed by atoms with van der Waals surface area (Å²) in [4.78, 5) is 0. The average molecular weight is 213 g/mol. The molecule has 1 aromatic carbocycles. The Kier molecular flexibility index (Phi) is 2.17. The monoisotopic (exact) mass is 213 g/mol. The zero-order valence-corrected chi connectivity index (χ0v) is 9.35. The van der Waals surface area contributed by atoms with Gasteiger partial charge in [0.1, 0.15) is 5.82 Å². The van der Waals surface area contributed by atoms with Gasteiger partial charge in [0.2, 0.25) is 0 Å². The number of benzene rings is 1. The molecule has 3 nitrogen and oxygen atoms in total. The highest BCUT2D eigenvalue weighted by molar-refractivity contribution is 5.46. The van der Waals surface area contributed by atoms with E-state index >= 15 is 0 Å². The largest absolute Gasteiger partial charge is 0.370 e. The molecule has 0 saturated heterocycles. The molecule has 0 fully saturated rings. The van der Waals surface area contributed by atoms with Crippen LogP contribution in [0.3, 0.4) is 0 Å². The highest BCUT2D eigenvalue weighted by Gasteiger charge is 2.22. The Bertz CT molecular complexity index is 487. The first-order valence-electron chi connectivity index (χ1n) is 5.69. The van der Waals surface area contributed by atoms with Crippen LogP contribution in [0.4, 0.5) is 5.82 Å². The Hall–Kier alpha value is -1.77. The highest BCUT2D eigenvalue weighted by Crippen LogP contribution is 2.30. The standard InChI is InChI=1S/C13H15N3/c1-10-9-15-16-12(7-8-14-13(10)16)11-5-3-2-4-6-11/h2-6,9,12,14H,7-8H2,1H3. The Morgan fingerprint density at radius 1 is 1.31 bits per heavy atom. The number of rotatable bonds is 1. The molecule has 0 radical (unpaired) electrons. The molecule has 3 rings (SSSR count). The Morgan fingerprint density at radius 3 is 2.94 bits per heavy atom. The van der Waals surface area contributed by atoms with Gasteiger partial charge in [-0.2, -0.15) is 5.10 Å². The van der Waals surface area contributed by atoms with Gasteiger partial charge in [-0.25, -0.2) is 4.68 Å². The minimum absolute atomic E-state index is 0.381. The molecule has 1 atom stereocenters. The summed E-state index contributed by atoms with van der Waals surface area (Å²) in [6, 6.07) is 11.0. The molecule has 3 heteroatoms. The van der Waals surface area contributed by atoms with E-state index in [1.165, 1.54) is 16.9 Å². The lowest BCUT2D eigenvalue weighted by Crippen LogP contribution is -2.24. The van der Waals surface area contributed by atoms with Crippen molar-refractivity contribution < 1.29 is 0 Å². The number of nitrogens with one attached hydrogen (secondary N) is 1. The van der Waals surface area contributed by atoms with Crippen LogP contribution < -0.4 is 5.32 Å². The molecule has 0 bridgehead atoms. The van der Waals surface area contributed by atoms with Gasteiger partial charge in [0.15, 0.2) is 0 Å². The van der Waals surface area contributed by atoms with E-state index in [2.05, 4.69) is 52.4 Å². The van der Waals surface area contributed by atoms with E-state index in [0.717, 1.165) is 13.0 Å². The Balaban J connectivity index is 2.05. The van der Waals surface area contributed by atoms with E-state index in [0.29, 0.717) is 6.04 Å². The molecule has 2 heterocycles. The molecule has 0 spiro atoms. The maximum absolute atomic E-state index is 4.47. The zero-order chi connectivity index (χ0) is 11.0. The highest BCUT2D eigenvalue weighted by atomic mass is 15.4. The van der Waals surface area contributed by atoms with Gasteiger partial charge in [-0.15, -0.1) is 0 Å². The second-order valence-electron chi connectivity index (χ2n) is 4.26. The fourth-order valence-electron chi connectivity index (χ4n) is 2.34. The molecule has 16 heavy (non-hydrogen) atoms. The molecule has 1 aromatic heterocycles. The minimum Gasteiger partial charge on any atom is -0.370 e. The molecular weight excluding hydrogens is 198 g/mol. The van der Waals surface area contributed by atoms with Gasteiger partial charge < -0.3 is 5.32 Å². The molecule has 0 amide bonds. The van der Waals surface area contributed by atoms with Crippen LogP contribution in [0, 0.1) is 6.92 Å². The van der Waals surface area contributed by atoms with Gasteiger partial charge in [0, 0.05) is 12.1 Å². The van der Waals surface area contributed by atoms with E-state index in [9.17, 15) is 0 Å². The minimum atomic E-state index is 0.381. The van der Waals surface area contributed by atoms with E-state index in [-0.39, 0.29) is 0 Å². The smallest absolute Gasteiger partial charge is 0.127 e. The van der Waals surface area contributed by atoms with Crippen LogP contribution >= 0.6 is 0 Å². The van der Waals surface area contributed by atoms with Gasteiger partial charge in [-0.3, -0.25) is 0 Å². The van der Waals surface area contributed by atoms with Crippen molar-refractivity contribution in [1.82, 2.24) is 9.78 Å². The molecule has 82 valence electrons. The lowest BCUT2D eigenvalue weighted by Gasteiger charge is -2.26. The number of anilines is 1. The van der Waals surface area contributed by atoms with Gasteiger partial charge >= 0.3 is 0 Å². The third-order valence-electron chi connectivity index (χ3n) is 3.17. The van der Waals surface area contributed by atoms with Gasteiger partial charge in [0.05, 0.1) is 12.2 Å². The van der Waals surface area contributed by atoms with Crippen molar-refractivity contribution in [2.45, 2.75) is 19.4 Å². The van der Waals surface area contributed by atoms with E-state index in [1.54, 1.807) is 0 Å². The van der Waals surface area contributed by atoms with E-state index in [4.69, 9.17) is 0 Å². The molecule has 0 aliphatic carbocycles. The lowest BCUT2D eigenvalue weighted by atomic mass is 10.0. The Morgan fingerprint density at radius 2 is 2.12 bits per heavy atom. The first-order chi connectivity index (χ1) is 7.86. The molecule has 0 saturated carbocycles. The molecule has 1 N–H and O–H groups in total. The van der Waals surface area contributed by atoms with Crippen molar-refractivity contribution >= 4 is 5.82 Å². The summed E-state index contributed by atoms with van der Waals surface area (Å²) in [5, 5.41) is 7.88. The van der Waals surface area contributed by atoms with E-state index in [1.807, 2.05) is 6.20 Å². The van der Waals surface area contributed by atoms with Crippen molar-refractivity contribution in [2.24, 2.45) is 0 Å². The second-order valence-corrected chi connectivity index (χ2v) is 4.26. The maximum Gasteiger partial charge on any atom is 0.127 e. The number of aryl methyl sites for hydroxylation is 1. The molecule has 1 aliphatic heterocycles. The van der Waals surface area contributed by atoms with Crippen molar-refractivity contribution in [3.63, 3.8) is 0 Å². The van der Waals surface area contributed by atoms with Crippen molar-refractivity contribution in [2.75, 3.05) is 11.9 Å². The normalized spacial score (nSPS) is 18.9. The van der Waals surface area contributed by atoms with Gasteiger partial charge in [-0.05, 0) is 18.9 Å². The summed E-state index contributed by atoms with van der Waals surface area (Å²) in [7, 11) is 0. The molecular formula is C13H15N3. The van der Waals surface area contributed by atoms with Crippen LogP contribution in [-0.2, 0) is 0 Å². The molecule has 1 unspecified atom stereocenters. The van der Waals surface area contributed by atoms with Crippen LogP contribution in [0.2, 0.25) is 0 Å². The average Bonchev–Trinajstić information content (AvgIpc) is 2.73. The second kappa shape index (κ2) is 3.67. The van der Waals surface area contributed by atoms with Crippen molar-refractivity contribution in [1.29, 1.82) is 0 Å². The zero-order valence-electron chi connectivity index (χ0n) is 9.35. The summed E-state index contributed by atoms with van der Waals surface area (Å²) < 4.78 is 2.11. The number of fused-ring (bicyclic) bond motifs is 1. The van der Waals surface area contributed by atoms with E-state index < -0.39 is 0 Å². The quantitative estimate of drug-likeness (QED) is 0.789. The fraction of sp³-hybridized carbons (Fsp3) is 0.308. The number of nitrogens with zero attached hydrogens (tertiary/aromatic N) is 2. The van der Waals surface area contributed by atoms with Crippen molar-refractivity contribution in [3.8, 4) is 0 Å². The third kappa shape index (κ3) is 1.40. The van der Waals surface area contributed by atoms with Gasteiger partial charge in [0.25, 0.3) is 0 Å². The summed E-state index contributed by atoms with van der Waals surface area (Å²) in [6.07, 6.45) is 3.03. The summed E-state index contributed by atoms with van der Waals surface area (Å²) in [5.41, 5.74) is 2.56. The van der Waals surface area contributed by atoms with Gasteiger partial charge in [-0.1, -0.05) is 30.3 Å². The SMILES string of the molecule is Cc1cnn2c1NCCC2c1ccccc1. The van der Waals surface area contributed by atoms with Crippen LogP contribution in [0.15, 0.2) is 36.5 Å². The van der Waals surface area contributed by atoms with Crippen LogP contribution in [0.1, 0.15) is 23.6 Å². The van der Waals surface area contributed by atoms with Crippen LogP contribution in [0.5, 0.6) is 0 Å². The number of aromatic nitrogens is 2. The first kappa shape index (κ1) is 9.46. The predicted octanol–water partition coefficient (Wildman–Crippen LogP) is 2.60. The third-order valence-corrected chi connectivity index (χ3v) is 3.17. The summed E-state index contributed by atoms with van der Waals surface area (Å²) in [6.45, 7) is 3.12. The Labute approximate surface area is 95.1 Å². The molecule has 2 aromatic rings. The lowest BCUT2D eigenvalue weighted by molar-refractivity contribution is 0.481. The fourth-order valence-corrected chi connectivity index (χ4v) is 2.34. The van der Waals surface area contributed by atoms with Crippen molar-refractivity contribution in [3.05, 3.63) is 47.7 Å². The van der Waals surface area contributed by atoms with Crippen LogP contribution in [0.25, 0.3) is 0 Å².